The largest absolute Gasteiger partial charge is 0.490 e. The second kappa shape index (κ2) is 7.99. The third kappa shape index (κ3) is 4.13. The van der Waals surface area contributed by atoms with Crippen molar-refractivity contribution in [2.45, 2.75) is 25.7 Å². The summed E-state index contributed by atoms with van der Waals surface area (Å²) in [6.07, 6.45) is 4.24. The van der Waals surface area contributed by atoms with Crippen molar-refractivity contribution in [3.8, 4) is 5.75 Å². The van der Waals surface area contributed by atoms with E-state index in [0.717, 1.165) is 31.7 Å². The Morgan fingerprint density at radius 1 is 1.04 bits per heavy atom. The normalized spacial score (nSPS) is 12.8. The van der Waals surface area contributed by atoms with Crippen molar-refractivity contribution in [3.05, 3.63) is 68.8 Å². The van der Waals surface area contributed by atoms with Crippen LogP contribution in [-0.2, 0) is 17.6 Å². The summed E-state index contributed by atoms with van der Waals surface area (Å²) in [6, 6.07) is 9.32. The maximum Gasteiger partial charge on any atom is 0.338 e. The van der Waals surface area contributed by atoms with E-state index in [9.17, 15) is 19.7 Å². The second-order valence-corrected chi connectivity index (χ2v) is 6.33. The summed E-state index contributed by atoms with van der Waals surface area (Å²) in [5, 5.41) is 11.0. The Labute approximate surface area is 156 Å². The molecule has 0 spiro atoms. The topological polar surface area (TPSA) is 95.7 Å². The van der Waals surface area contributed by atoms with E-state index in [4.69, 9.17) is 9.47 Å². The number of esters is 1. The van der Waals surface area contributed by atoms with Crippen molar-refractivity contribution in [2.24, 2.45) is 0 Å². The van der Waals surface area contributed by atoms with Gasteiger partial charge in [0.25, 0.3) is 0 Å². The maximum absolute atomic E-state index is 12.3. The molecule has 1 aliphatic carbocycles. The van der Waals surface area contributed by atoms with Gasteiger partial charge in [0.2, 0.25) is 0 Å². The first-order valence-corrected chi connectivity index (χ1v) is 8.64. The molecule has 7 heteroatoms. The van der Waals surface area contributed by atoms with Crippen LogP contribution in [0.5, 0.6) is 5.75 Å². The zero-order chi connectivity index (χ0) is 19.4. The van der Waals surface area contributed by atoms with Crippen molar-refractivity contribution < 1.29 is 24.0 Å². The SMILES string of the molecule is COc1ccc(C(=O)OCC(=O)c2ccc3c(c2)CCCC3)cc1[N+](=O)[O-]. The third-order valence-corrected chi connectivity index (χ3v) is 4.62. The lowest BCUT2D eigenvalue weighted by Crippen LogP contribution is -2.15. The average molecular weight is 369 g/mol. The highest BCUT2D eigenvalue weighted by molar-refractivity contribution is 5.99. The monoisotopic (exact) mass is 369 g/mol. The van der Waals surface area contributed by atoms with Gasteiger partial charge in [-0.15, -0.1) is 0 Å². The van der Waals surface area contributed by atoms with Gasteiger partial charge in [-0.05, 0) is 55.0 Å². The number of fused-ring (bicyclic) bond motifs is 1. The van der Waals surface area contributed by atoms with Gasteiger partial charge >= 0.3 is 11.7 Å². The summed E-state index contributed by atoms with van der Waals surface area (Å²) in [4.78, 5) is 34.9. The fourth-order valence-electron chi connectivity index (χ4n) is 3.16. The molecule has 0 aromatic heterocycles. The number of ether oxygens (including phenoxy) is 2. The number of nitro benzene ring substituents is 1. The minimum Gasteiger partial charge on any atom is -0.490 e. The summed E-state index contributed by atoms with van der Waals surface area (Å²) in [5.74, 6) is -1.06. The molecule has 0 N–H and O–H groups in total. The zero-order valence-electron chi connectivity index (χ0n) is 14.9. The van der Waals surface area contributed by atoms with Crippen LogP contribution in [0.4, 0.5) is 5.69 Å². The Hall–Kier alpha value is -3.22. The van der Waals surface area contributed by atoms with E-state index in [-0.39, 0.29) is 22.8 Å². The Kier molecular flexibility index (Phi) is 5.49. The number of nitrogens with zero attached hydrogens (tertiary/aromatic N) is 1. The Morgan fingerprint density at radius 3 is 2.44 bits per heavy atom. The van der Waals surface area contributed by atoms with Gasteiger partial charge in [-0.25, -0.2) is 4.79 Å². The highest BCUT2D eigenvalue weighted by atomic mass is 16.6. The molecule has 0 radical (unpaired) electrons. The number of nitro groups is 1. The van der Waals surface area contributed by atoms with Crippen LogP contribution in [0.15, 0.2) is 36.4 Å². The van der Waals surface area contributed by atoms with Crippen LogP contribution in [0.2, 0.25) is 0 Å². The standard InChI is InChI=1S/C20H19NO6/c1-26-19-9-8-16(11-17(19)21(24)25)20(23)27-12-18(22)15-7-6-13-4-2-3-5-14(13)10-15/h6-11H,2-5,12H2,1H3. The molecule has 0 unspecified atom stereocenters. The molecule has 0 saturated carbocycles. The first-order valence-electron chi connectivity index (χ1n) is 8.64. The van der Waals surface area contributed by atoms with Gasteiger partial charge in [-0.2, -0.15) is 0 Å². The number of carbonyl (C=O) groups is 2. The van der Waals surface area contributed by atoms with Crippen molar-refractivity contribution in [3.63, 3.8) is 0 Å². The van der Waals surface area contributed by atoms with Crippen LogP contribution in [0, 0.1) is 10.1 Å². The molecule has 0 bridgehead atoms. The lowest BCUT2D eigenvalue weighted by molar-refractivity contribution is -0.385. The summed E-state index contributed by atoms with van der Waals surface area (Å²) < 4.78 is 9.94. The predicted octanol–water partition coefficient (Wildman–Crippen LogP) is 3.52. The van der Waals surface area contributed by atoms with E-state index in [1.54, 1.807) is 6.07 Å². The number of aryl methyl sites for hydroxylation is 2. The number of hydrogen-bond acceptors (Lipinski definition) is 6. The number of carbonyl (C=O) groups excluding carboxylic acids is 2. The molecule has 0 aliphatic heterocycles. The number of methoxy groups -OCH3 is 1. The molecule has 2 aromatic carbocycles. The molecule has 3 rings (SSSR count). The second-order valence-electron chi connectivity index (χ2n) is 6.33. The lowest BCUT2D eigenvalue weighted by Gasteiger charge is -2.16. The van der Waals surface area contributed by atoms with Crippen LogP contribution < -0.4 is 4.74 Å². The summed E-state index contributed by atoms with van der Waals surface area (Å²) in [6.45, 7) is -0.419. The fourth-order valence-corrected chi connectivity index (χ4v) is 3.16. The number of benzene rings is 2. The van der Waals surface area contributed by atoms with Gasteiger partial charge in [-0.3, -0.25) is 14.9 Å². The first kappa shape index (κ1) is 18.6. The molecule has 1 aliphatic rings. The minimum atomic E-state index is -0.799. The van der Waals surface area contributed by atoms with Crippen molar-refractivity contribution in [1.82, 2.24) is 0 Å². The van der Waals surface area contributed by atoms with Crippen LogP contribution in [0.25, 0.3) is 0 Å². The molecular weight excluding hydrogens is 350 g/mol. The number of ketones is 1. The highest BCUT2D eigenvalue weighted by Gasteiger charge is 2.20. The molecule has 140 valence electrons. The molecule has 7 nitrogen and oxygen atoms in total. The zero-order valence-corrected chi connectivity index (χ0v) is 14.9. The molecule has 0 saturated heterocycles. The van der Waals surface area contributed by atoms with E-state index in [2.05, 4.69) is 0 Å². The maximum atomic E-state index is 12.3. The molecule has 0 fully saturated rings. The molecule has 0 atom stereocenters. The van der Waals surface area contributed by atoms with E-state index >= 15 is 0 Å². The minimum absolute atomic E-state index is 0.0132. The Morgan fingerprint density at radius 2 is 1.74 bits per heavy atom. The molecular formula is C20H19NO6. The molecule has 2 aromatic rings. The molecule has 0 heterocycles. The van der Waals surface area contributed by atoms with Crippen molar-refractivity contribution >= 4 is 17.4 Å². The van der Waals surface area contributed by atoms with E-state index in [0.29, 0.717) is 5.56 Å². The quantitative estimate of drug-likeness (QED) is 0.335. The third-order valence-electron chi connectivity index (χ3n) is 4.62. The van der Waals surface area contributed by atoms with E-state index in [1.807, 2.05) is 12.1 Å². The van der Waals surface area contributed by atoms with Gasteiger partial charge in [0.15, 0.2) is 18.1 Å². The number of Topliss-reactive ketones (excluding diaryl/α,β-unsaturated/α-hetero) is 1. The van der Waals surface area contributed by atoms with Crippen molar-refractivity contribution in [1.29, 1.82) is 0 Å². The first-order chi connectivity index (χ1) is 13.0. The van der Waals surface area contributed by atoms with Crippen LogP contribution in [-0.4, -0.2) is 30.4 Å². The fraction of sp³-hybridized carbons (Fsp3) is 0.300. The van der Waals surface area contributed by atoms with E-state index in [1.165, 1.54) is 30.4 Å². The summed E-state index contributed by atoms with van der Waals surface area (Å²) >= 11 is 0. The summed E-state index contributed by atoms with van der Waals surface area (Å²) in [5.41, 5.74) is 2.59. The van der Waals surface area contributed by atoms with Gasteiger partial charge in [-0.1, -0.05) is 12.1 Å². The van der Waals surface area contributed by atoms with Gasteiger partial charge in [0.05, 0.1) is 17.6 Å². The smallest absolute Gasteiger partial charge is 0.338 e. The van der Waals surface area contributed by atoms with Gasteiger partial charge in [0.1, 0.15) is 0 Å². The Balaban J connectivity index is 1.67. The van der Waals surface area contributed by atoms with Crippen LogP contribution in [0.3, 0.4) is 0 Å². The lowest BCUT2D eigenvalue weighted by atomic mass is 9.90. The van der Waals surface area contributed by atoms with Crippen molar-refractivity contribution in [2.75, 3.05) is 13.7 Å². The van der Waals surface area contributed by atoms with Crippen LogP contribution >= 0.6 is 0 Å². The molecule has 27 heavy (non-hydrogen) atoms. The number of rotatable bonds is 6. The average Bonchev–Trinajstić information content (AvgIpc) is 2.70. The van der Waals surface area contributed by atoms with E-state index < -0.39 is 17.5 Å². The molecule has 0 amide bonds. The number of hydrogen-bond donors (Lipinski definition) is 0. The van der Waals surface area contributed by atoms with Gasteiger partial charge in [0, 0.05) is 11.6 Å². The highest BCUT2D eigenvalue weighted by Crippen LogP contribution is 2.28. The summed E-state index contributed by atoms with van der Waals surface area (Å²) in [7, 11) is 1.30. The van der Waals surface area contributed by atoms with Gasteiger partial charge < -0.3 is 9.47 Å². The van der Waals surface area contributed by atoms with Crippen LogP contribution in [0.1, 0.15) is 44.7 Å². The Bertz CT molecular complexity index is 905. The predicted molar refractivity (Wildman–Crippen MR) is 97.3 cm³/mol.